The lowest BCUT2D eigenvalue weighted by Crippen LogP contribution is -2.80. The predicted octanol–water partition coefficient (Wildman–Crippen LogP) is 1.44. The van der Waals surface area contributed by atoms with Gasteiger partial charge in [-0.3, -0.25) is 17.2 Å². The van der Waals surface area contributed by atoms with Crippen molar-refractivity contribution in [2.45, 2.75) is 89.0 Å². The molecule has 116 valence electrons. The molecular weight excluding hydrogens is 238 g/mol. The molecule has 0 amide bonds. The first-order valence-corrected chi connectivity index (χ1v) is 7.75. The molecule has 0 rings (SSSR count). The summed E-state index contributed by atoms with van der Waals surface area (Å²) in [5.41, 5.74) is 27.0. The Labute approximate surface area is 118 Å². The fourth-order valence-electron chi connectivity index (χ4n) is 2.12. The molecule has 0 aromatic rings. The minimum Gasteiger partial charge on any atom is -0.310 e. The zero-order chi connectivity index (χ0) is 14.8. The number of unbranched alkanes of at least 4 members (excludes halogenated alkanes) is 9. The van der Waals surface area contributed by atoms with Crippen LogP contribution in [0.25, 0.3) is 0 Å². The Bertz CT molecular complexity index is 210. The average molecular weight is 273 g/mol. The van der Waals surface area contributed by atoms with E-state index in [1.54, 1.807) is 0 Å². The van der Waals surface area contributed by atoms with Crippen LogP contribution in [0.3, 0.4) is 0 Å². The number of nitrogens with two attached hydrogens (primary N) is 5. The van der Waals surface area contributed by atoms with Crippen molar-refractivity contribution in [1.82, 2.24) is 0 Å². The second-order valence-corrected chi connectivity index (χ2v) is 5.91. The number of hydrogen-bond acceptors (Lipinski definition) is 5. The van der Waals surface area contributed by atoms with Gasteiger partial charge in [0.2, 0.25) is 0 Å². The summed E-state index contributed by atoms with van der Waals surface area (Å²) in [6.07, 6.45) is 13.2. The van der Waals surface area contributed by atoms with Crippen molar-refractivity contribution in [3.05, 3.63) is 0 Å². The largest absolute Gasteiger partial charge is 0.310 e. The average Bonchev–Trinajstić information content (AvgIpc) is 2.30. The monoisotopic (exact) mass is 273 g/mol. The molecule has 10 N–H and O–H groups in total. The van der Waals surface area contributed by atoms with Gasteiger partial charge in [-0.1, -0.05) is 71.1 Å². The summed E-state index contributed by atoms with van der Waals surface area (Å²) in [5, 5.41) is 0. The Balaban J connectivity index is 3.37. The van der Waals surface area contributed by atoms with Crippen LogP contribution in [0.1, 0.15) is 77.6 Å². The lowest BCUT2D eigenvalue weighted by Gasteiger charge is -2.37. The maximum Gasteiger partial charge on any atom is 0.148 e. The van der Waals surface area contributed by atoms with Crippen molar-refractivity contribution in [3.8, 4) is 0 Å². The molecule has 0 heterocycles. The molecule has 0 saturated carbocycles. The summed E-state index contributed by atoms with van der Waals surface area (Å²) in [7, 11) is 0. The lowest BCUT2D eigenvalue weighted by molar-refractivity contribution is 0.216. The molecule has 0 saturated heterocycles. The molecule has 0 unspecified atom stereocenters. The first-order valence-electron chi connectivity index (χ1n) is 7.75. The Hall–Kier alpha value is -0.200. The van der Waals surface area contributed by atoms with Crippen LogP contribution in [0.5, 0.6) is 0 Å². The highest BCUT2D eigenvalue weighted by Gasteiger charge is 2.35. The van der Waals surface area contributed by atoms with E-state index in [1.807, 2.05) is 0 Å². The molecular formula is C14H35N5. The highest BCUT2D eigenvalue weighted by molar-refractivity contribution is 4.94. The Morgan fingerprint density at radius 3 is 1.32 bits per heavy atom. The smallest absolute Gasteiger partial charge is 0.148 e. The fraction of sp³-hybridized carbons (Fsp3) is 1.00. The summed E-state index contributed by atoms with van der Waals surface area (Å²) in [6, 6.07) is 0. The van der Waals surface area contributed by atoms with Crippen molar-refractivity contribution in [3.63, 3.8) is 0 Å². The van der Waals surface area contributed by atoms with Crippen molar-refractivity contribution in [2.75, 3.05) is 0 Å². The molecule has 0 radical (unpaired) electrons. The fourth-order valence-corrected chi connectivity index (χ4v) is 2.12. The molecule has 0 aromatic heterocycles. The summed E-state index contributed by atoms with van der Waals surface area (Å²) in [5.74, 6) is -1.51. The summed E-state index contributed by atoms with van der Waals surface area (Å²) >= 11 is 0. The van der Waals surface area contributed by atoms with Gasteiger partial charge in [0.05, 0.1) is 0 Å². The van der Waals surface area contributed by atoms with Crippen molar-refractivity contribution in [1.29, 1.82) is 0 Å². The van der Waals surface area contributed by atoms with Gasteiger partial charge in [0.25, 0.3) is 0 Å². The molecule has 0 aliphatic heterocycles. The molecule has 0 bridgehead atoms. The maximum atomic E-state index is 5.81. The Kier molecular flexibility index (Phi) is 9.56. The molecule has 5 nitrogen and oxygen atoms in total. The predicted molar refractivity (Wildman–Crippen MR) is 82.9 cm³/mol. The van der Waals surface area contributed by atoms with E-state index in [0.29, 0.717) is 6.42 Å². The van der Waals surface area contributed by atoms with Gasteiger partial charge >= 0.3 is 0 Å². The van der Waals surface area contributed by atoms with Gasteiger partial charge in [-0.15, -0.1) is 0 Å². The quantitative estimate of drug-likeness (QED) is 0.271. The minimum atomic E-state index is -1.51. The van der Waals surface area contributed by atoms with Gasteiger partial charge < -0.3 is 11.5 Å². The first kappa shape index (κ1) is 18.8. The third kappa shape index (κ3) is 9.35. The molecule has 0 fully saturated rings. The third-order valence-corrected chi connectivity index (χ3v) is 3.75. The van der Waals surface area contributed by atoms with Crippen LogP contribution >= 0.6 is 0 Å². The van der Waals surface area contributed by atoms with E-state index >= 15 is 0 Å². The normalized spacial score (nSPS) is 12.9. The van der Waals surface area contributed by atoms with Crippen LogP contribution in [-0.2, 0) is 0 Å². The molecule has 0 aromatic carbocycles. The molecule has 19 heavy (non-hydrogen) atoms. The van der Waals surface area contributed by atoms with Crippen LogP contribution in [0.4, 0.5) is 0 Å². The van der Waals surface area contributed by atoms with Crippen LogP contribution in [0.2, 0.25) is 0 Å². The second kappa shape index (κ2) is 9.66. The van der Waals surface area contributed by atoms with Crippen molar-refractivity contribution < 1.29 is 0 Å². The van der Waals surface area contributed by atoms with Gasteiger partial charge in [0.15, 0.2) is 0 Å². The molecule has 5 heteroatoms. The summed E-state index contributed by atoms with van der Waals surface area (Å²) in [4.78, 5) is 0. The van der Waals surface area contributed by atoms with E-state index in [-0.39, 0.29) is 0 Å². The highest BCUT2D eigenvalue weighted by atomic mass is 15.2. The molecule has 0 aliphatic rings. The zero-order valence-electron chi connectivity index (χ0n) is 12.7. The third-order valence-electron chi connectivity index (χ3n) is 3.75. The van der Waals surface area contributed by atoms with Crippen LogP contribution in [0.15, 0.2) is 0 Å². The minimum absolute atomic E-state index is 0.562. The molecule has 0 spiro atoms. The van der Waals surface area contributed by atoms with Gasteiger partial charge in [-0.2, -0.15) is 0 Å². The van der Waals surface area contributed by atoms with Crippen LogP contribution in [-0.4, -0.2) is 11.4 Å². The van der Waals surface area contributed by atoms with Gasteiger partial charge in [0.1, 0.15) is 11.4 Å². The van der Waals surface area contributed by atoms with Crippen molar-refractivity contribution >= 4 is 0 Å². The Morgan fingerprint density at radius 1 is 0.579 bits per heavy atom. The van der Waals surface area contributed by atoms with E-state index in [0.717, 1.165) is 12.8 Å². The van der Waals surface area contributed by atoms with E-state index in [4.69, 9.17) is 28.7 Å². The van der Waals surface area contributed by atoms with Gasteiger partial charge in [0, 0.05) is 0 Å². The summed E-state index contributed by atoms with van der Waals surface area (Å²) < 4.78 is 0. The number of rotatable bonds is 12. The molecule has 0 aliphatic carbocycles. The van der Waals surface area contributed by atoms with E-state index in [1.165, 1.54) is 51.4 Å². The van der Waals surface area contributed by atoms with Crippen LogP contribution in [0, 0.1) is 0 Å². The van der Waals surface area contributed by atoms with Crippen LogP contribution < -0.4 is 28.7 Å². The SMILES string of the molecule is CCCCCCCCCCCCC(N)(N)C(N)(N)N. The van der Waals surface area contributed by atoms with E-state index < -0.39 is 11.4 Å². The molecule has 0 atom stereocenters. The maximum absolute atomic E-state index is 5.81. The van der Waals surface area contributed by atoms with E-state index in [2.05, 4.69) is 6.92 Å². The second-order valence-electron chi connectivity index (χ2n) is 5.91. The topological polar surface area (TPSA) is 130 Å². The van der Waals surface area contributed by atoms with Crippen molar-refractivity contribution in [2.24, 2.45) is 28.7 Å². The summed E-state index contributed by atoms with van der Waals surface area (Å²) in [6.45, 7) is 2.24. The zero-order valence-corrected chi connectivity index (χ0v) is 12.7. The van der Waals surface area contributed by atoms with Gasteiger partial charge in [-0.05, 0) is 6.42 Å². The standard InChI is InChI=1S/C14H35N5/c1-2-3-4-5-6-7-8-9-10-11-12-13(15,16)14(17,18)19/h2-12,15-19H2,1H3. The Morgan fingerprint density at radius 2 is 0.947 bits per heavy atom. The van der Waals surface area contributed by atoms with E-state index in [9.17, 15) is 0 Å². The number of hydrogen-bond donors (Lipinski definition) is 5. The highest BCUT2D eigenvalue weighted by Crippen LogP contribution is 2.14. The first-order chi connectivity index (χ1) is 8.81. The van der Waals surface area contributed by atoms with Gasteiger partial charge in [-0.25, -0.2) is 0 Å². The lowest BCUT2D eigenvalue weighted by atomic mass is 9.96.